The Morgan fingerprint density at radius 2 is 2.14 bits per heavy atom. The molecule has 0 atom stereocenters. The molecular formula is C17H17NO4. The van der Waals surface area contributed by atoms with Crippen LogP contribution in [0, 0.1) is 6.92 Å². The maximum absolute atomic E-state index is 12.4. The van der Waals surface area contributed by atoms with Gasteiger partial charge in [0.2, 0.25) is 11.2 Å². The molecular weight excluding hydrogens is 282 g/mol. The number of benzene rings is 1. The maximum atomic E-state index is 12.4. The molecule has 1 aliphatic heterocycles. The molecule has 0 bridgehead atoms. The summed E-state index contributed by atoms with van der Waals surface area (Å²) in [6.07, 6.45) is 3.21. The molecule has 2 aromatic rings. The van der Waals surface area contributed by atoms with Crippen LogP contribution in [0.2, 0.25) is 0 Å². The number of nitrogens with zero attached hydrogens (tertiary/aromatic N) is 1. The van der Waals surface area contributed by atoms with Gasteiger partial charge in [0.1, 0.15) is 5.76 Å². The lowest BCUT2D eigenvalue weighted by atomic mass is 10.0. The van der Waals surface area contributed by atoms with Gasteiger partial charge in [0.25, 0.3) is 5.91 Å². The van der Waals surface area contributed by atoms with Gasteiger partial charge >= 0.3 is 0 Å². The zero-order valence-electron chi connectivity index (χ0n) is 12.4. The molecule has 1 aliphatic rings. The summed E-state index contributed by atoms with van der Waals surface area (Å²) in [5.41, 5.74) is 1.81. The Hall–Kier alpha value is -2.56. The van der Waals surface area contributed by atoms with E-state index in [2.05, 4.69) is 0 Å². The van der Waals surface area contributed by atoms with E-state index in [0.29, 0.717) is 12.3 Å². The topological polar surface area (TPSA) is 59.8 Å². The molecule has 0 saturated carbocycles. The van der Waals surface area contributed by atoms with Crippen LogP contribution < -0.4 is 15.1 Å². The molecule has 0 N–H and O–H groups in total. The number of carbonyl (C=O) groups excluding carboxylic acids is 1. The fourth-order valence-electron chi connectivity index (χ4n) is 2.68. The first-order valence-corrected chi connectivity index (χ1v) is 7.26. The van der Waals surface area contributed by atoms with E-state index in [0.717, 1.165) is 24.1 Å². The molecule has 1 aromatic heterocycles. The summed E-state index contributed by atoms with van der Waals surface area (Å²) < 4.78 is 10.5. The molecule has 5 nitrogen and oxygen atoms in total. The van der Waals surface area contributed by atoms with Crippen LogP contribution in [0.3, 0.4) is 0 Å². The molecule has 0 fully saturated rings. The van der Waals surface area contributed by atoms with Crippen molar-refractivity contribution in [3.63, 3.8) is 0 Å². The predicted octanol–water partition coefficient (Wildman–Crippen LogP) is 2.31. The number of rotatable bonds is 3. The monoisotopic (exact) mass is 299 g/mol. The fraction of sp³-hybridized carbons (Fsp3) is 0.294. The summed E-state index contributed by atoms with van der Waals surface area (Å²) in [5, 5.41) is 0. The first kappa shape index (κ1) is 14.4. The fourth-order valence-corrected chi connectivity index (χ4v) is 2.68. The number of hydrogen-bond donors (Lipinski definition) is 0. The van der Waals surface area contributed by atoms with Gasteiger partial charge in [-0.05, 0) is 31.4 Å². The SMILES string of the molecule is Cc1occc(=O)c1OCC(=O)N1CCCc2ccccc21. The summed E-state index contributed by atoms with van der Waals surface area (Å²) in [6, 6.07) is 9.15. The largest absolute Gasteiger partial charge is 0.476 e. The molecule has 5 heteroatoms. The summed E-state index contributed by atoms with van der Waals surface area (Å²) in [5.74, 6) is 0.315. The number of amides is 1. The van der Waals surface area contributed by atoms with Gasteiger partial charge < -0.3 is 14.1 Å². The van der Waals surface area contributed by atoms with E-state index >= 15 is 0 Å². The zero-order valence-corrected chi connectivity index (χ0v) is 12.4. The molecule has 0 spiro atoms. The Morgan fingerprint density at radius 3 is 2.95 bits per heavy atom. The Bertz CT molecular complexity index is 750. The molecule has 0 unspecified atom stereocenters. The second-order valence-corrected chi connectivity index (χ2v) is 5.24. The molecule has 1 aromatic carbocycles. The summed E-state index contributed by atoms with van der Waals surface area (Å²) >= 11 is 0. The number of fused-ring (bicyclic) bond motifs is 1. The average Bonchev–Trinajstić information content (AvgIpc) is 2.53. The van der Waals surface area contributed by atoms with Crippen molar-refractivity contribution in [3.05, 3.63) is 58.1 Å². The van der Waals surface area contributed by atoms with Crippen molar-refractivity contribution in [1.82, 2.24) is 0 Å². The number of anilines is 1. The minimum absolute atomic E-state index is 0.0983. The van der Waals surface area contributed by atoms with E-state index in [9.17, 15) is 9.59 Å². The van der Waals surface area contributed by atoms with Gasteiger partial charge in [-0.15, -0.1) is 0 Å². The summed E-state index contributed by atoms with van der Waals surface area (Å²) in [7, 11) is 0. The van der Waals surface area contributed by atoms with Gasteiger partial charge in [-0.2, -0.15) is 0 Å². The summed E-state index contributed by atoms with van der Waals surface area (Å²) in [4.78, 5) is 25.9. The summed E-state index contributed by atoms with van der Waals surface area (Å²) in [6.45, 7) is 2.13. The third-order valence-electron chi connectivity index (χ3n) is 3.76. The van der Waals surface area contributed by atoms with Gasteiger partial charge in [-0.1, -0.05) is 18.2 Å². The lowest BCUT2D eigenvalue weighted by Gasteiger charge is -2.29. The van der Waals surface area contributed by atoms with Crippen LogP contribution in [0.4, 0.5) is 5.69 Å². The Balaban J connectivity index is 1.75. The van der Waals surface area contributed by atoms with Crippen LogP contribution in [0.5, 0.6) is 5.75 Å². The molecule has 1 amide bonds. The number of carbonyl (C=O) groups is 1. The van der Waals surface area contributed by atoms with Crippen LogP contribution in [0.1, 0.15) is 17.7 Å². The minimum Gasteiger partial charge on any atom is -0.476 e. The second kappa shape index (κ2) is 6.05. The van der Waals surface area contributed by atoms with E-state index in [1.165, 1.54) is 12.3 Å². The number of aryl methyl sites for hydroxylation is 2. The second-order valence-electron chi connectivity index (χ2n) is 5.24. The van der Waals surface area contributed by atoms with Gasteiger partial charge in [0, 0.05) is 18.3 Å². The normalized spacial score (nSPS) is 13.6. The number of hydrogen-bond acceptors (Lipinski definition) is 4. The van der Waals surface area contributed by atoms with Gasteiger partial charge in [0.05, 0.1) is 6.26 Å². The quantitative estimate of drug-likeness (QED) is 0.872. The average molecular weight is 299 g/mol. The van der Waals surface area contributed by atoms with Crippen molar-refractivity contribution in [2.24, 2.45) is 0 Å². The third kappa shape index (κ3) is 2.74. The molecule has 0 aliphatic carbocycles. The predicted molar refractivity (Wildman–Crippen MR) is 82.3 cm³/mol. The molecule has 2 heterocycles. The van der Waals surface area contributed by atoms with Crippen LogP contribution in [-0.4, -0.2) is 19.1 Å². The van der Waals surface area contributed by atoms with E-state index in [4.69, 9.17) is 9.15 Å². The highest BCUT2D eigenvalue weighted by atomic mass is 16.5. The van der Waals surface area contributed by atoms with Gasteiger partial charge in [0.15, 0.2) is 6.61 Å². The highest BCUT2D eigenvalue weighted by molar-refractivity contribution is 5.95. The lowest BCUT2D eigenvalue weighted by Crippen LogP contribution is -2.39. The van der Waals surface area contributed by atoms with Crippen LogP contribution in [0.15, 0.2) is 45.8 Å². The van der Waals surface area contributed by atoms with Gasteiger partial charge in [-0.3, -0.25) is 9.59 Å². The maximum Gasteiger partial charge on any atom is 0.264 e. The standard InChI is InChI=1S/C17H17NO4/c1-12-17(15(19)8-10-21-12)22-11-16(20)18-9-4-6-13-5-2-3-7-14(13)18/h2-3,5,7-8,10H,4,6,9,11H2,1H3. The van der Waals surface area contributed by atoms with E-state index in [1.807, 2.05) is 24.3 Å². The van der Waals surface area contributed by atoms with Gasteiger partial charge in [-0.25, -0.2) is 0 Å². The molecule has 3 rings (SSSR count). The third-order valence-corrected chi connectivity index (χ3v) is 3.76. The van der Waals surface area contributed by atoms with E-state index < -0.39 is 0 Å². The molecule has 114 valence electrons. The first-order valence-electron chi connectivity index (χ1n) is 7.26. The minimum atomic E-state index is -0.282. The first-order chi connectivity index (χ1) is 10.7. The van der Waals surface area contributed by atoms with Crippen LogP contribution in [-0.2, 0) is 11.2 Å². The Kier molecular flexibility index (Phi) is 3.96. The van der Waals surface area contributed by atoms with Crippen LogP contribution >= 0.6 is 0 Å². The van der Waals surface area contributed by atoms with Crippen molar-refractivity contribution in [1.29, 1.82) is 0 Å². The number of ether oxygens (including phenoxy) is 1. The number of para-hydroxylation sites is 1. The van der Waals surface area contributed by atoms with Crippen molar-refractivity contribution in [3.8, 4) is 5.75 Å². The zero-order chi connectivity index (χ0) is 15.5. The van der Waals surface area contributed by atoms with Crippen molar-refractivity contribution < 1.29 is 13.9 Å². The van der Waals surface area contributed by atoms with Crippen molar-refractivity contribution >= 4 is 11.6 Å². The Labute approximate surface area is 128 Å². The smallest absolute Gasteiger partial charge is 0.264 e. The molecule has 0 radical (unpaired) electrons. The van der Waals surface area contributed by atoms with E-state index in [1.54, 1.807) is 11.8 Å². The van der Waals surface area contributed by atoms with Crippen LogP contribution in [0.25, 0.3) is 0 Å². The highest BCUT2D eigenvalue weighted by Gasteiger charge is 2.22. The lowest BCUT2D eigenvalue weighted by molar-refractivity contribution is -0.120. The highest BCUT2D eigenvalue weighted by Crippen LogP contribution is 2.26. The molecule has 0 saturated heterocycles. The van der Waals surface area contributed by atoms with Crippen molar-refractivity contribution in [2.45, 2.75) is 19.8 Å². The van der Waals surface area contributed by atoms with Crippen molar-refractivity contribution in [2.75, 3.05) is 18.1 Å². The molecule has 22 heavy (non-hydrogen) atoms. The van der Waals surface area contributed by atoms with E-state index in [-0.39, 0.29) is 23.7 Å². The Morgan fingerprint density at radius 1 is 1.32 bits per heavy atom.